The molecule has 3 aromatic rings. The summed E-state index contributed by atoms with van der Waals surface area (Å²) in [5, 5.41) is 11.8. The molecule has 0 spiro atoms. The molecule has 2 amide bonds. The molecule has 6 heteroatoms. The van der Waals surface area contributed by atoms with E-state index in [0.717, 1.165) is 24.0 Å². The highest BCUT2D eigenvalue weighted by atomic mass is 16.5. The number of carbonyl (C=O) groups is 2. The van der Waals surface area contributed by atoms with Gasteiger partial charge < -0.3 is 9.64 Å². The Labute approximate surface area is 206 Å². The maximum atomic E-state index is 13.2. The van der Waals surface area contributed by atoms with Gasteiger partial charge in [-0.05, 0) is 66.6 Å². The minimum atomic E-state index is -0.531. The Morgan fingerprint density at radius 1 is 1.03 bits per heavy atom. The number of anilines is 1. The van der Waals surface area contributed by atoms with Gasteiger partial charge >= 0.3 is 6.09 Å². The fraction of sp³-hybridized carbons (Fsp3) is 0.276. The second-order valence-electron chi connectivity index (χ2n) is 8.83. The lowest BCUT2D eigenvalue weighted by Crippen LogP contribution is -2.38. The van der Waals surface area contributed by atoms with Gasteiger partial charge in [-0.15, -0.1) is 0 Å². The van der Waals surface area contributed by atoms with Gasteiger partial charge in [0.15, 0.2) is 0 Å². The molecule has 0 atom stereocenters. The summed E-state index contributed by atoms with van der Waals surface area (Å²) in [5.41, 5.74) is 4.96. The summed E-state index contributed by atoms with van der Waals surface area (Å²) in [4.78, 5) is 27.3. The average molecular weight is 468 g/mol. The van der Waals surface area contributed by atoms with Gasteiger partial charge in [-0.3, -0.25) is 10.1 Å². The first kappa shape index (κ1) is 24.0. The number of nitriles is 1. The Hall–Kier alpha value is -4.11. The van der Waals surface area contributed by atoms with Crippen LogP contribution in [0.3, 0.4) is 0 Å². The van der Waals surface area contributed by atoms with Gasteiger partial charge in [0, 0.05) is 30.8 Å². The molecule has 0 saturated carbocycles. The molecular weight excluding hydrogens is 438 g/mol. The van der Waals surface area contributed by atoms with Crippen LogP contribution < -0.4 is 5.32 Å². The summed E-state index contributed by atoms with van der Waals surface area (Å²) in [6.45, 7) is 3.50. The zero-order valence-electron chi connectivity index (χ0n) is 19.9. The SMILES string of the molecule is Cc1ccc(C(=O)N2CCC(c3ccc(C#N)cc3)CC2)cc1NC(=O)OCCc1ccccc1. The van der Waals surface area contributed by atoms with Crippen molar-refractivity contribution in [1.29, 1.82) is 5.26 Å². The molecule has 3 aromatic carbocycles. The number of benzene rings is 3. The van der Waals surface area contributed by atoms with Crippen LogP contribution in [-0.4, -0.2) is 36.6 Å². The van der Waals surface area contributed by atoms with Gasteiger partial charge in [0.05, 0.1) is 18.2 Å². The van der Waals surface area contributed by atoms with Crippen LogP contribution in [0.15, 0.2) is 72.8 Å². The Morgan fingerprint density at radius 3 is 2.43 bits per heavy atom. The van der Waals surface area contributed by atoms with Gasteiger partial charge in [-0.2, -0.15) is 5.26 Å². The van der Waals surface area contributed by atoms with Gasteiger partial charge in [0.1, 0.15) is 0 Å². The largest absolute Gasteiger partial charge is 0.449 e. The van der Waals surface area contributed by atoms with Crippen molar-refractivity contribution in [2.24, 2.45) is 0 Å². The predicted molar refractivity (Wildman–Crippen MR) is 135 cm³/mol. The quantitative estimate of drug-likeness (QED) is 0.506. The second kappa shape index (κ2) is 11.3. The van der Waals surface area contributed by atoms with Crippen molar-refractivity contribution >= 4 is 17.7 Å². The van der Waals surface area contributed by atoms with Crippen LogP contribution in [0.4, 0.5) is 10.5 Å². The molecule has 6 nitrogen and oxygen atoms in total. The van der Waals surface area contributed by atoms with Crippen molar-refractivity contribution in [2.45, 2.75) is 32.1 Å². The Morgan fingerprint density at radius 2 is 1.74 bits per heavy atom. The third-order valence-corrected chi connectivity index (χ3v) is 6.48. The minimum Gasteiger partial charge on any atom is -0.449 e. The zero-order chi connectivity index (χ0) is 24.6. The van der Waals surface area contributed by atoms with Gasteiger partial charge in [-0.25, -0.2) is 4.79 Å². The molecule has 1 aliphatic rings. The van der Waals surface area contributed by atoms with E-state index in [4.69, 9.17) is 10.00 Å². The van der Waals surface area contributed by atoms with Crippen molar-refractivity contribution in [3.8, 4) is 6.07 Å². The van der Waals surface area contributed by atoms with E-state index in [1.165, 1.54) is 5.56 Å². The lowest BCUT2D eigenvalue weighted by Gasteiger charge is -2.32. The van der Waals surface area contributed by atoms with E-state index in [9.17, 15) is 9.59 Å². The molecule has 0 bridgehead atoms. The molecule has 1 fully saturated rings. The number of piperidine rings is 1. The third-order valence-electron chi connectivity index (χ3n) is 6.48. The van der Waals surface area contributed by atoms with Crippen molar-refractivity contribution in [2.75, 3.05) is 25.0 Å². The molecule has 1 heterocycles. The van der Waals surface area contributed by atoms with Crippen molar-refractivity contribution in [1.82, 2.24) is 4.90 Å². The number of aryl methyl sites for hydroxylation is 1. The normalized spacial score (nSPS) is 13.7. The van der Waals surface area contributed by atoms with E-state index in [0.29, 0.717) is 42.2 Å². The topological polar surface area (TPSA) is 82.4 Å². The number of hydrogen-bond donors (Lipinski definition) is 1. The number of nitrogens with zero attached hydrogens (tertiary/aromatic N) is 2. The van der Waals surface area contributed by atoms with Gasteiger partial charge in [0.25, 0.3) is 5.91 Å². The van der Waals surface area contributed by atoms with E-state index in [2.05, 4.69) is 11.4 Å². The molecule has 0 unspecified atom stereocenters. The molecule has 0 aliphatic carbocycles. The first-order valence-electron chi connectivity index (χ1n) is 11.9. The molecule has 1 aliphatic heterocycles. The molecular formula is C29H29N3O3. The molecule has 0 aromatic heterocycles. The Kier molecular flexibility index (Phi) is 7.79. The highest BCUT2D eigenvalue weighted by molar-refractivity contribution is 5.96. The van der Waals surface area contributed by atoms with E-state index >= 15 is 0 Å². The summed E-state index contributed by atoms with van der Waals surface area (Å²) in [6.07, 6.45) is 1.87. The molecule has 0 radical (unpaired) electrons. The van der Waals surface area contributed by atoms with E-state index < -0.39 is 6.09 Å². The average Bonchev–Trinajstić information content (AvgIpc) is 2.90. The fourth-order valence-electron chi connectivity index (χ4n) is 4.37. The van der Waals surface area contributed by atoms with Crippen LogP contribution in [-0.2, 0) is 11.2 Å². The monoisotopic (exact) mass is 467 g/mol. The first-order chi connectivity index (χ1) is 17.0. The van der Waals surface area contributed by atoms with E-state index in [1.807, 2.05) is 72.5 Å². The lowest BCUT2D eigenvalue weighted by molar-refractivity contribution is 0.0713. The van der Waals surface area contributed by atoms with Crippen molar-refractivity contribution < 1.29 is 14.3 Å². The Balaban J connectivity index is 1.31. The zero-order valence-corrected chi connectivity index (χ0v) is 19.9. The standard InChI is InChI=1S/C29H29N3O3/c1-21-7-10-26(19-27(21)31-29(34)35-18-15-22-5-3-2-4-6-22)28(33)32-16-13-25(14-17-32)24-11-8-23(20-30)9-12-24/h2-12,19,25H,13-18H2,1H3,(H,31,34). The number of likely N-dealkylation sites (tertiary alicyclic amines) is 1. The van der Waals surface area contributed by atoms with Crippen LogP contribution in [0, 0.1) is 18.3 Å². The van der Waals surface area contributed by atoms with Gasteiger partial charge in [-0.1, -0.05) is 48.5 Å². The highest BCUT2D eigenvalue weighted by Gasteiger charge is 2.25. The number of amides is 2. The first-order valence-corrected chi connectivity index (χ1v) is 11.9. The highest BCUT2D eigenvalue weighted by Crippen LogP contribution is 2.29. The predicted octanol–water partition coefficient (Wildman–Crippen LogP) is 5.68. The molecule has 1 N–H and O–H groups in total. The second-order valence-corrected chi connectivity index (χ2v) is 8.83. The summed E-state index contributed by atoms with van der Waals surface area (Å²) in [5.74, 6) is 0.344. The van der Waals surface area contributed by atoms with E-state index in [1.54, 1.807) is 12.1 Å². The number of carbonyl (C=O) groups excluding carboxylic acids is 2. The van der Waals surface area contributed by atoms with Crippen molar-refractivity contribution in [3.05, 3.63) is 101 Å². The molecule has 4 rings (SSSR count). The van der Waals surface area contributed by atoms with Crippen molar-refractivity contribution in [3.63, 3.8) is 0 Å². The third kappa shape index (κ3) is 6.27. The summed E-state index contributed by atoms with van der Waals surface area (Å²) >= 11 is 0. The number of rotatable bonds is 6. The summed E-state index contributed by atoms with van der Waals surface area (Å²) < 4.78 is 5.33. The smallest absolute Gasteiger partial charge is 0.411 e. The van der Waals surface area contributed by atoms with Crippen LogP contribution in [0.2, 0.25) is 0 Å². The maximum Gasteiger partial charge on any atom is 0.411 e. The summed E-state index contributed by atoms with van der Waals surface area (Å²) in [7, 11) is 0. The van der Waals surface area contributed by atoms with Crippen LogP contribution >= 0.6 is 0 Å². The molecule has 1 saturated heterocycles. The Bertz CT molecular complexity index is 1210. The fourth-order valence-corrected chi connectivity index (χ4v) is 4.37. The van der Waals surface area contributed by atoms with E-state index in [-0.39, 0.29) is 12.5 Å². The summed E-state index contributed by atoms with van der Waals surface area (Å²) in [6, 6.07) is 25.1. The van der Waals surface area contributed by atoms with Crippen LogP contribution in [0.25, 0.3) is 0 Å². The minimum absolute atomic E-state index is 0.0382. The number of nitrogens with one attached hydrogen (secondary N) is 1. The lowest BCUT2D eigenvalue weighted by atomic mass is 9.89. The van der Waals surface area contributed by atoms with Gasteiger partial charge in [0.2, 0.25) is 0 Å². The van der Waals surface area contributed by atoms with Crippen LogP contribution in [0.5, 0.6) is 0 Å². The van der Waals surface area contributed by atoms with Crippen LogP contribution in [0.1, 0.15) is 51.4 Å². The number of hydrogen-bond acceptors (Lipinski definition) is 4. The molecule has 35 heavy (non-hydrogen) atoms. The molecule has 178 valence electrons. The number of ether oxygens (including phenoxy) is 1. The maximum absolute atomic E-state index is 13.2.